The zero-order valence-corrected chi connectivity index (χ0v) is 19.0. The van der Waals surface area contributed by atoms with Gasteiger partial charge in [-0.1, -0.05) is 12.1 Å². The molecular weight excluding hydrogens is 418 g/mol. The molecular formula is C23H31NO8. The number of benzene rings is 1. The highest BCUT2D eigenvalue weighted by Gasteiger charge is 2.29. The van der Waals surface area contributed by atoms with Crippen molar-refractivity contribution in [1.29, 1.82) is 0 Å². The molecule has 0 fully saturated rings. The van der Waals surface area contributed by atoms with Gasteiger partial charge in [0.25, 0.3) is 0 Å². The number of rotatable bonds is 7. The van der Waals surface area contributed by atoms with Crippen LogP contribution in [0.4, 0.5) is 4.79 Å². The van der Waals surface area contributed by atoms with Crippen LogP contribution in [-0.2, 0) is 30.2 Å². The number of amides is 1. The summed E-state index contributed by atoms with van der Waals surface area (Å²) in [7, 11) is 2.52. The predicted octanol–water partition coefficient (Wildman–Crippen LogP) is 2.30. The average Bonchev–Trinajstić information content (AvgIpc) is 2.73. The van der Waals surface area contributed by atoms with Crippen LogP contribution in [0.1, 0.15) is 39.2 Å². The van der Waals surface area contributed by atoms with Crippen LogP contribution in [0.15, 0.2) is 35.9 Å². The van der Waals surface area contributed by atoms with Gasteiger partial charge in [0.15, 0.2) is 0 Å². The third-order valence-electron chi connectivity index (χ3n) is 4.68. The number of carbonyl (C=O) groups is 3. The fourth-order valence-corrected chi connectivity index (χ4v) is 3.20. The lowest BCUT2D eigenvalue weighted by atomic mass is 9.94. The standard InChI is InChI=1S/C23H31NO8/c1-23(2,3)32-22(28)24-18(21(27)30-5)12-14-6-9-16(10-7-14)31-19-11-8-15(25)13-17(19)20(26)29-4/h6-7,9-10,13,15,18-19,25H,8,11-12H2,1-5H3,(H,24,28)/t15-,18-,19+/m0/s1. The van der Waals surface area contributed by atoms with Gasteiger partial charge in [-0.3, -0.25) is 0 Å². The lowest BCUT2D eigenvalue weighted by Crippen LogP contribution is -2.45. The zero-order chi connectivity index (χ0) is 23.9. The number of esters is 2. The minimum absolute atomic E-state index is 0.190. The van der Waals surface area contributed by atoms with E-state index in [9.17, 15) is 19.5 Å². The van der Waals surface area contributed by atoms with Crippen molar-refractivity contribution in [1.82, 2.24) is 5.32 Å². The predicted molar refractivity (Wildman–Crippen MR) is 115 cm³/mol. The zero-order valence-electron chi connectivity index (χ0n) is 19.0. The van der Waals surface area contributed by atoms with E-state index in [1.807, 2.05) is 0 Å². The Labute approximate surface area is 187 Å². The Morgan fingerprint density at radius 3 is 2.31 bits per heavy atom. The highest BCUT2D eigenvalue weighted by atomic mass is 16.6. The Morgan fingerprint density at radius 2 is 1.75 bits per heavy atom. The molecule has 1 aromatic rings. The maximum Gasteiger partial charge on any atom is 0.408 e. The maximum atomic E-state index is 12.1. The third kappa shape index (κ3) is 7.56. The largest absolute Gasteiger partial charge is 0.485 e. The van der Waals surface area contributed by atoms with Crippen LogP contribution in [0, 0.1) is 0 Å². The first-order chi connectivity index (χ1) is 15.0. The highest BCUT2D eigenvalue weighted by Crippen LogP contribution is 2.26. The van der Waals surface area contributed by atoms with Gasteiger partial charge in [0, 0.05) is 6.42 Å². The van der Waals surface area contributed by atoms with Crippen molar-refractivity contribution < 1.29 is 38.4 Å². The van der Waals surface area contributed by atoms with Gasteiger partial charge < -0.3 is 29.4 Å². The summed E-state index contributed by atoms with van der Waals surface area (Å²) in [5.74, 6) is -0.621. The lowest BCUT2D eigenvalue weighted by molar-refractivity contribution is -0.143. The summed E-state index contributed by atoms with van der Waals surface area (Å²) in [5.41, 5.74) is 0.338. The number of hydrogen-bond donors (Lipinski definition) is 2. The first-order valence-corrected chi connectivity index (χ1v) is 10.3. The summed E-state index contributed by atoms with van der Waals surface area (Å²) in [6.45, 7) is 5.19. The van der Waals surface area contributed by atoms with Crippen molar-refractivity contribution in [3.05, 3.63) is 41.5 Å². The second-order valence-corrected chi connectivity index (χ2v) is 8.43. The second kappa shape index (κ2) is 11.0. The van der Waals surface area contributed by atoms with Crippen LogP contribution in [0.25, 0.3) is 0 Å². The number of aliphatic hydroxyl groups is 1. The Hall–Kier alpha value is -3.07. The molecule has 0 saturated carbocycles. The summed E-state index contributed by atoms with van der Waals surface area (Å²) in [6.07, 6.45) is 0.628. The summed E-state index contributed by atoms with van der Waals surface area (Å²) >= 11 is 0. The number of hydrogen-bond acceptors (Lipinski definition) is 8. The van der Waals surface area contributed by atoms with E-state index in [1.54, 1.807) is 45.0 Å². The molecule has 0 heterocycles. The Bertz CT molecular complexity index is 841. The molecule has 1 amide bonds. The van der Waals surface area contributed by atoms with Gasteiger partial charge in [-0.15, -0.1) is 0 Å². The van der Waals surface area contributed by atoms with Gasteiger partial charge in [-0.05, 0) is 57.4 Å². The molecule has 0 aromatic heterocycles. The topological polar surface area (TPSA) is 120 Å². The lowest BCUT2D eigenvalue weighted by Gasteiger charge is -2.26. The minimum Gasteiger partial charge on any atom is -0.485 e. The normalized spacial score (nSPS) is 19.2. The first kappa shape index (κ1) is 25.2. The molecule has 9 nitrogen and oxygen atoms in total. The smallest absolute Gasteiger partial charge is 0.408 e. The SMILES string of the molecule is COC(=O)C1=C[C@@H](O)CC[C@H]1Oc1ccc(C[C@H](NC(=O)OC(C)(C)C)C(=O)OC)cc1. The van der Waals surface area contributed by atoms with Gasteiger partial charge in [-0.25, -0.2) is 14.4 Å². The molecule has 2 N–H and O–H groups in total. The van der Waals surface area contributed by atoms with Crippen molar-refractivity contribution >= 4 is 18.0 Å². The van der Waals surface area contributed by atoms with Crippen LogP contribution in [0.5, 0.6) is 5.75 Å². The molecule has 0 bridgehead atoms. The van der Waals surface area contributed by atoms with Crippen molar-refractivity contribution in [2.75, 3.05) is 14.2 Å². The van der Waals surface area contributed by atoms with Crippen LogP contribution in [0.2, 0.25) is 0 Å². The second-order valence-electron chi connectivity index (χ2n) is 8.43. The monoisotopic (exact) mass is 449 g/mol. The average molecular weight is 450 g/mol. The van der Waals surface area contributed by atoms with Crippen molar-refractivity contribution in [2.24, 2.45) is 0 Å². The van der Waals surface area contributed by atoms with Crippen molar-refractivity contribution in [3.63, 3.8) is 0 Å². The molecule has 0 unspecified atom stereocenters. The van der Waals surface area contributed by atoms with Crippen LogP contribution < -0.4 is 10.1 Å². The quantitative estimate of drug-likeness (QED) is 0.481. The van der Waals surface area contributed by atoms with E-state index in [4.69, 9.17) is 18.9 Å². The van der Waals surface area contributed by atoms with Gasteiger partial charge in [-0.2, -0.15) is 0 Å². The number of methoxy groups -OCH3 is 2. The van der Waals surface area contributed by atoms with Gasteiger partial charge in [0.1, 0.15) is 23.5 Å². The number of aliphatic hydroxyl groups excluding tert-OH is 1. The van der Waals surface area contributed by atoms with E-state index in [0.717, 1.165) is 5.56 Å². The molecule has 2 rings (SSSR count). The molecule has 0 spiro atoms. The molecule has 1 aromatic carbocycles. The maximum absolute atomic E-state index is 12.1. The summed E-state index contributed by atoms with van der Waals surface area (Å²) in [5, 5.41) is 12.3. The molecule has 176 valence electrons. The van der Waals surface area contributed by atoms with Gasteiger partial charge in [0.2, 0.25) is 0 Å². The van der Waals surface area contributed by atoms with E-state index in [1.165, 1.54) is 20.3 Å². The van der Waals surface area contributed by atoms with Gasteiger partial charge in [0.05, 0.1) is 25.9 Å². The van der Waals surface area contributed by atoms with Crippen molar-refractivity contribution in [2.45, 2.75) is 63.9 Å². The van der Waals surface area contributed by atoms with Crippen LogP contribution in [-0.4, -0.2) is 61.2 Å². The number of nitrogens with one attached hydrogen (secondary N) is 1. The third-order valence-corrected chi connectivity index (χ3v) is 4.68. The Morgan fingerprint density at radius 1 is 1.09 bits per heavy atom. The fraction of sp³-hybridized carbons (Fsp3) is 0.522. The molecule has 1 aliphatic carbocycles. The number of ether oxygens (including phenoxy) is 4. The molecule has 9 heteroatoms. The summed E-state index contributed by atoms with van der Waals surface area (Å²) in [4.78, 5) is 36.2. The van der Waals surface area contributed by atoms with Gasteiger partial charge >= 0.3 is 18.0 Å². The number of carbonyl (C=O) groups excluding carboxylic acids is 3. The van der Waals surface area contributed by atoms with Crippen LogP contribution in [0.3, 0.4) is 0 Å². The van der Waals surface area contributed by atoms with E-state index in [2.05, 4.69) is 5.32 Å². The van der Waals surface area contributed by atoms with E-state index < -0.39 is 41.9 Å². The van der Waals surface area contributed by atoms with E-state index in [0.29, 0.717) is 18.6 Å². The highest BCUT2D eigenvalue weighted by molar-refractivity contribution is 5.90. The fourth-order valence-electron chi connectivity index (χ4n) is 3.20. The number of alkyl carbamates (subject to hydrolysis) is 1. The Kier molecular flexibility index (Phi) is 8.65. The molecule has 0 saturated heterocycles. The summed E-state index contributed by atoms with van der Waals surface area (Å²) in [6, 6.07) is 5.99. The van der Waals surface area contributed by atoms with Crippen LogP contribution >= 0.6 is 0 Å². The Balaban J connectivity index is 2.06. The molecule has 3 atom stereocenters. The van der Waals surface area contributed by atoms with E-state index in [-0.39, 0.29) is 12.0 Å². The molecule has 1 aliphatic rings. The molecule has 0 aliphatic heterocycles. The minimum atomic E-state index is -0.921. The van der Waals surface area contributed by atoms with Crippen molar-refractivity contribution in [3.8, 4) is 5.75 Å². The first-order valence-electron chi connectivity index (χ1n) is 10.3. The molecule has 32 heavy (non-hydrogen) atoms. The van der Waals surface area contributed by atoms with E-state index >= 15 is 0 Å². The molecule has 0 radical (unpaired) electrons. The summed E-state index contributed by atoms with van der Waals surface area (Å²) < 4.78 is 20.7.